The third-order valence-electron chi connectivity index (χ3n) is 5.60. The summed E-state index contributed by atoms with van der Waals surface area (Å²) in [5.41, 5.74) is 5.74. The van der Waals surface area contributed by atoms with E-state index in [2.05, 4.69) is 64.9 Å². The van der Waals surface area contributed by atoms with E-state index >= 15 is 0 Å². The van der Waals surface area contributed by atoms with Crippen molar-refractivity contribution in [1.29, 1.82) is 0 Å². The minimum absolute atomic E-state index is 1.23. The summed E-state index contributed by atoms with van der Waals surface area (Å²) in [6.07, 6.45) is 9.68. The zero-order valence-corrected chi connectivity index (χ0v) is 14.3. The maximum Gasteiger partial charge on any atom is 0.206 e. The van der Waals surface area contributed by atoms with Crippen molar-refractivity contribution >= 4 is 17.0 Å². The molecule has 0 amide bonds. The average Bonchev–Trinajstić information content (AvgIpc) is 2.92. The first-order valence-electron chi connectivity index (χ1n) is 9.09. The van der Waals surface area contributed by atoms with E-state index in [9.17, 15) is 0 Å². The first-order valence-corrected chi connectivity index (χ1v) is 9.09. The first-order chi connectivity index (χ1) is 11.8. The molecule has 0 bridgehead atoms. The van der Waals surface area contributed by atoms with Gasteiger partial charge < -0.3 is 4.57 Å². The number of aromatic nitrogens is 1. The largest absolute Gasteiger partial charge is 0.350 e. The van der Waals surface area contributed by atoms with E-state index in [4.69, 9.17) is 0 Å². The van der Waals surface area contributed by atoms with Crippen LogP contribution in [-0.4, -0.2) is 17.7 Å². The fraction of sp³-hybridized carbons (Fsp3) is 0.318. The van der Waals surface area contributed by atoms with Crippen LogP contribution in [0.1, 0.15) is 29.5 Å². The predicted octanol–water partition coefficient (Wildman–Crippen LogP) is 2.39. The van der Waals surface area contributed by atoms with Gasteiger partial charge in [-0.3, -0.25) is 0 Å². The molecule has 2 aromatic carbocycles. The van der Waals surface area contributed by atoms with Gasteiger partial charge in [0.1, 0.15) is 13.1 Å². The molecule has 0 radical (unpaired) electrons. The second-order valence-corrected chi connectivity index (χ2v) is 7.24. The molecule has 0 saturated carbocycles. The summed E-state index contributed by atoms with van der Waals surface area (Å²) in [6.45, 7) is 2.48. The smallest absolute Gasteiger partial charge is 0.206 e. The Kier molecular flexibility index (Phi) is 3.12. The summed E-state index contributed by atoms with van der Waals surface area (Å²) in [5.74, 6) is 0. The van der Waals surface area contributed by atoms with E-state index in [-0.39, 0.29) is 0 Å². The Morgan fingerprint density at radius 1 is 1.00 bits per heavy atom. The van der Waals surface area contributed by atoms with Gasteiger partial charge in [0.2, 0.25) is 5.36 Å². The lowest BCUT2D eigenvalue weighted by Gasteiger charge is -2.18. The van der Waals surface area contributed by atoms with Gasteiger partial charge in [-0.25, -0.2) is 4.58 Å². The number of hydrogen-bond acceptors (Lipinski definition) is 0. The molecule has 1 aromatic heterocycles. The second-order valence-electron chi connectivity index (χ2n) is 7.24. The Hall–Kier alpha value is -2.35. The van der Waals surface area contributed by atoms with Crippen LogP contribution in [0.2, 0.25) is 0 Å². The second kappa shape index (κ2) is 5.34. The fourth-order valence-corrected chi connectivity index (χ4v) is 4.58. The predicted molar refractivity (Wildman–Crippen MR) is 99.8 cm³/mol. The maximum atomic E-state index is 2.61. The summed E-state index contributed by atoms with van der Waals surface area (Å²) in [6, 6.07) is 13.5. The van der Waals surface area contributed by atoms with Crippen LogP contribution in [0.5, 0.6) is 0 Å². The zero-order chi connectivity index (χ0) is 16.1. The molecule has 0 N–H and O–H groups in total. The van der Waals surface area contributed by atoms with Gasteiger partial charge in [0.15, 0.2) is 0 Å². The summed E-state index contributed by atoms with van der Waals surface area (Å²) in [5, 5.41) is 4.26. The van der Waals surface area contributed by atoms with E-state index in [1.54, 1.807) is 16.5 Å². The number of benzene rings is 2. The summed E-state index contributed by atoms with van der Waals surface area (Å²) >= 11 is 0. The number of fused-ring (bicyclic) bond motifs is 1. The van der Waals surface area contributed by atoms with Crippen LogP contribution in [0, 0.1) is 0 Å². The molecule has 0 aliphatic carbocycles. The molecule has 0 spiro atoms. The highest BCUT2D eigenvalue weighted by molar-refractivity contribution is 5.89. The molecule has 0 fully saturated rings. The monoisotopic (exact) mass is 315 g/mol. The molecule has 0 atom stereocenters. The minimum Gasteiger partial charge on any atom is -0.350 e. The number of nitrogens with zero attached hydrogens (tertiary/aromatic N) is 2. The first kappa shape index (κ1) is 14.0. The van der Waals surface area contributed by atoms with E-state index < -0.39 is 0 Å². The van der Waals surface area contributed by atoms with Gasteiger partial charge in [-0.05, 0) is 42.3 Å². The lowest BCUT2D eigenvalue weighted by atomic mass is 9.95. The van der Waals surface area contributed by atoms with E-state index in [1.807, 2.05) is 0 Å². The summed E-state index contributed by atoms with van der Waals surface area (Å²) < 4.78 is 4.84. The lowest BCUT2D eigenvalue weighted by molar-refractivity contribution is 0.480. The van der Waals surface area contributed by atoms with Crippen molar-refractivity contribution in [1.82, 2.24) is 9.14 Å². The fourth-order valence-electron chi connectivity index (χ4n) is 4.58. The highest BCUT2D eigenvalue weighted by atomic mass is 15.0. The standard InChI is InChI=1S/C22H23N2/c1-23-15-19(20-8-2-3-9-21(20)23)14-16-12-17-6-4-10-24-11-5-7-18(13-16)22(17)24/h2-3,8-9,12-15H,4-7,10-11H2,1H3/q+1. The van der Waals surface area contributed by atoms with Gasteiger partial charge in [-0.15, -0.1) is 0 Å². The summed E-state index contributed by atoms with van der Waals surface area (Å²) in [4.78, 5) is 0. The van der Waals surface area contributed by atoms with Crippen molar-refractivity contribution in [2.75, 3.05) is 13.1 Å². The van der Waals surface area contributed by atoms with E-state index in [1.165, 1.54) is 60.5 Å². The van der Waals surface area contributed by atoms with Crippen LogP contribution < -0.4 is 15.2 Å². The topological polar surface area (TPSA) is 7.94 Å². The van der Waals surface area contributed by atoms with Crippen LogP contribution in [0.25, 0.3) is 17.0 Å². The Morgan fingerprint density at radius 2 is 1.71 bits per heavy atom. The van der Waals surface area contributed by atoms with Crippen molar-refractivity contribution in [3.8, 4) is 0 Å². The third kappa shape index (κ3) is 2.13. The third-order valence-corrected chi connectivity index (χ3v) is 5.60. The normalized spacial score (nSPS) is 16.3. The van der Waals surface area contributed by atoms with Crippen molar-refractivity contribution in [3.05, 3.63) is 69.9 Å². The lowest BCUT2D eigenvalue weighted by Crippen LogP contribution is -2.44. The highest BCUT2D eigenvalue weighted by Crippen LogP contribution is 2.20. The Morgan fingerprint density at radius 3 is 2.46 bits per heavy atom. The molecule has 2 aliphatic rings. The van der Waals surface area contributed by atoms with E-state index in [0.717, 1.165) is 0 Å². The van der Waals surface area contributed by atoms with Gasteiger partial charge in [0.05, 0.1) is 0 Å². The van der Waals surface area contributed by atoms with Crippen LogP contribution in [-0.2, 0) is 19.9 Å². The molecular formula is C22H23N2+. The maximum absolute atomic E-state index is 2.61. The number of para-hydroxylation sites is 1. The van der Waals surface area contributed by atoms with Crippen LogP contribution >= 0.6 is 0 Å². The molecular weight excluding hydrogens is 292 g/mol. The average molecular weight is 315 g/mol. The highest BCUT2D eigenvalue weighted by Gasteiger charge is 2.22. The number of aryl methyl sites for hydroxylation is 3. The molecule has 2 nitrogen and oxygen atoms in total. The molecule has 2 heteroatoms. The molecule has 2 aliphatic heterocycles. The molecule has 0 unspecified atom stereocenters. The molecule has 0 saturated heterocycles. The van der Waals surface area contributed by atoms with Crippen molar-refractivity contribution in [3.63, 3.8) is 0 Å². The van der Waals surface area contributed by atoms with E-state index in [0.29, 0.717) is 0 Å². The van der Waals surface area contributed by atoms with Gasteiger partial charge in [-0.2, -0.15) is 0 Å². The SMILES string of the molecule is Cn1cc(C=c2cc3c4c(c2)CCC[N+]=4CCC3)c2ccccc21. The van der Waals surface area contributed by atoms with Gasteiger partial charge in [0, 0.05) is 53.7 Å². The van der Waals surface area contributed by atoms with Gasteiger partial charge in [0.25, 0.3) is 0 Å². The Labute approximate surface area is 142 Å². The minimum atomic E-state index is 1.23. The molecule has 3 heterocycles. The Balaban J connectivity index is 1.76. The van der Waals surface area contributed by atoms with Crippen LogP contribution in [0.3, 0.4) is 0 Å². The molecule has 3 aromatic rings. The van der Waals surface area contributed by atoms with Crippen LogP contribution in [0.15, 0.2) is 42.6 Å². The number of hydrogen-bond donors (Lipinski definition) is 0. The van der Waals surface area contributed by atoms with Crippen molar-refractivity contribution in [2.45, 2.75) is 25.7 Å². The quantitative estimate of drug-likeness (QED) is 0.609. The molecule has 5 rings (SSSR count). The van der Waals surface area contributed by atoms with Crippen molar-refractivity contribution < 1.29 is 0 Å². The van der Waals surface area contributed by atoms with Crippen LogP contribution in [0.4, 0.5) is 0 Å². The van der Waals surface area contributed by atoms with Crippen molar-refractivity contribution in [2.24, 2.45) is 7.05 Å². The Bertz CT molecular complexity index is 1030. The number of rotatable bonds is 1. The zero-order valence-electron chi connectivity index (χ0n) is 14.3. The summed E-state index contributed by atoms with van der Waals surface area (Å²) in [7, 11) is 2.13. The van der Waals surface area contributed by atoms with Gasteiger partial charge in [-0.1, -0.05) is 18.2 Å². The molecule has 120 valence electrons. The van der Waals surface area contributed by atoms with Gasteiger partial charge >= 0.3 is 0 Å². The molecule has 24 heavy (non-hydrogen) atoms.